The number of hydrogen-bond donors (Lipinski definition) is 2. The first-order valence-corrected chi connectivity index (χ1v) is 14.0. The summed E-state index contributed by atoms with van der Waals surface area (Å²) in [6.45, 7) is 1.82. The number of anilines is 1. The Morgan fingerprint density at radius 2 is 1.79 bits per heavy atom. The first-order chi connectivity index (χ1) is 15.7. The van der Waals surface area contributed by atoms with Crippen LogP contribution < -0.4 is 4.31 Å². The van der Waals surface area contributed by atoms with E-state index in [2.05, 4.69) is 11.1 Å². The van der Waals surface area contributed by atoms with Gasteiger partial charge < -0.3 is 0 Å². The zero-order valence-corrected chi connectivity index (χ0v) is 19.9. The third kappa shape index (κ3) is 3.78. The van der Waals surface area contributed by atoms with Gasteiger partial charge in [0, 0.05) is 0 Å². The molecule has 1 aromatic heterocycles. The van der Waals surface area contributed by atoms with Gasteiger partial charge in [0.2, 0.25) is 0 Å². The molecule has 0 fully saturated rings. The predicted molar refractivity (Wildman–Crippen MR) is 131 cm³/mol. The van der Waals surface area contributed by atoms with Gasteiger partial charge in [0.15, 0.2) is 0 Å². The highest BCUT2D eigenvalue weighted by atomic mass is 32.3. The molecule has 0 saturated heterocycles. The SMILES string of the molecule is Cc1nc2ccc(S(=O)(=O)N3CCS(O)(O)c4ccc(-c5ccc(C#N)cc5)cc43)cc2s1. The largest absolute Gasteiger partial charge is 0.295 e. The Balaban J connectivity index is 1.63. The van der Waals surface area contributed by atoms with E-state index in [0.29, 0.717) is 11.1 Å². The molecule has 4 aromatic rings. The molecular formula is C23H19N3O4S3. The lowest BCUT2D eigenvalue weighted by molar-refractivity contribution is 0.484. The van der Waals surface area contributed by atoms with Crippen molar-refractivity contribution in [1.29, 1.82) is 5.26 Å². The average Bonchev–Trinajstić information content (AvgIpc) is 3.18. The van der Waals surface area contributed by atoms with E-state index in [0.717, 1.165) is 20.8 Å². The smallest absolute Gasteiger partial charge is 0.264 e. The standard InChI is InChI=1S/C23H19N3O4S3/c1-15-25-20-8-7-19(13-22(20)31-15)33(29,30)26-10-11-32(27,28)23-9-6-18(12-21(23)26)17-4-2-16(14-24)3-5-17/h2-9,12-13,27-28H,10-11H2,1H3. The molecule has 10 heteroatoms. The number of rotatable bonds is 3. The lowest BCUT2D eigenvalue weighted by Gasteiger charge is -2.42. The van der Waals surface area contributed by atoms with Crippen LogP contribution in [0.3, 0.4) is 0 Å². The fourth-order valence-electron chi connectivity index (χ4n) is 3.90. The summed E-state index contributed by atoms with van der Waals surface area (Å²) in [5, 5.41) is 9.89. The number of hydrogen-bond acceptors (Lipinski definition) is 7. The van der Waals surface area contributed by atoms with E-state index in [9.17, 15) is 17.5 Å². The monoisotopic (exact) mass is 497 g/mol. The van der Waals surface area contributed by atoms with Crippen molar-refractivity contribution in [1.82, 2.24) is 4.98 Å². The van der Waals surface area contributed by atoms with Gasteiger partial charge in [0.25, 0.3) is 10.0 Å². The molecule has 0 saturated carbocycles. The molecule has 7 nitrogen and oxygen atoms in total. The van der Waals surface area contributed by atoms with Crippen molar-refractivity contribution >= 4 is 47.9 Å². The van der Waals surface area contributed by atoms with E-state index in [1.165, 1.54) is 21.7 Å². The minimum atomic E-state index is -3.96. The van der Waals surface area contributed by atoms with Crippen LogP contribution in [0.25, 0.3) is 21.3 Å². The molecule has 5 rings (SSSR count). The second-order valence-corrected chi connectivity index (χ2v) is 13.0. The summed E-state index contributed by atoms with van der Waals surface area (Å²) in [5.74, 6) is -0.0721. The first kappa shape index (κ1) is 21.9. The van der Waals surface area contributed by atoms with Gasteiger partial charge >= 0.3 is 0 Å². The Labute approximate surface area is 197 Å². The minimum Gasteiger partial charge on any atom is -0.295 e. The lowest BCUT2D eigenvalue weighted by atomic mass is 10.0. The van der Waals surface area contributed by atoms with E-state index in [1.54, 1.807) is 54.6 Å². The maximum atomic E-state index is 13.7. The van der Waals surface area contributed by atoms with Crippen LogP contribution in [0, 0.1) is 18.3 Å². The van der Waals surface area contributed by atoms with E-state index in [4.69, 9.17) is 5.26 Å². The van der Waals surface area contributed by atoms with Crippen molar-refractivity contribution in [3.63, 3.8) is 0 Å². The molecule has 0 atom stereocenters. The fraction of sp³-hybridized carbons (Fsp3) is 0.130. The van der Waals surface area contributed by atoms with Crippen LogP contribution in [0.2, 0.25) is 0 Å². The maximum Gasteiger partial charge on any atom is 0.264 e. The van der Waals surface area contributed by atoms with Gasteiger partial charge in [-0.1, -0.05) is 18.2 Å². The molecule has 0 amide bonds. The Morgan fingerprint density at radius 3 is 2.52 bits per heavy atom. The molecule has 0 radical (unpaired) electrons. The topological polar surface area (TPSA) is 115 Å². The summed E-state index contributed by atoms with van der Waals surface area (Å²) in [7, 11) is -7.07. The zero-order chi connectivity index (χ0) is 23.4. The van der Waals surface area contributed by atoms with Crippen molar-refractivity contribution < 1.29 is 17.5 Å². The zero-order valence-electron chi connectivity index (χ0n) is 17.5. The number of nitriles is 1. The van der Waals surface area contributed by atoms with Crippen LogP contribution in [-0.2, 0) is 10.0 Å². The number of nitrogens with zero attached hydrogens (tertiary/aromatic N) is 3. The van der Waals surface area contributed by atoms with Gasteiger partial charge in [-0.25, -0.2) is 13.4 Å². The van der Waals surface area contributed by atoms with Crippen LogP contribution in [0.1, 0.15) is 10.6 Å². The molecule has 0 bridgehead atoms. The molecule has 2 N–H and O–H groups in total. The quantitative estimate of drug-likeness (QED) is 0.388. The van der Waals surface area contributed by atoms with Gasteiger partial charge in [-0.15, -0.1) is 11.3 Å². The summed E-state index contributed by atoms with van der Waals surface area (Å²) < 4.78 is 50.6. The van der Waals surface area contributed by atoms with Crippen molar-refractivity contribution in [3.8, 4) is 17.2 Å². The molecule has 0 unspecified atom stereocenters. The number of fused-ring (bicyclic) bond motifs is 2. The van der Waals surface area contributed by atoms with E-state index in [-0.39, 0.29) is 27.8 Å². The Morgan fingerprint density at radius 1 is 1.06 bits per heavy atom. The number of sulfonamides is 1. The van der Waals surface area contributed by atoms with Crippen molar-refractivity contribution in [3.05, 3.63) is 71.2 Å². The highest BCUT2D eigenvalue weighted by Crippen LogP contribution is 2.56. The summed E-state index contributed by atoms with van der Waals surface area (Å²) in [6.07, 6.45) is 0. The molecule has 0 spiro atoms. The van der Waals surface area contributed by atoms with Crippen molar-refractivity contribution in [2.24, 2.45) is 0 Å². The van der Waals surface area contributed by atoms with Gasteiger partial charge in [-0.2, -0.15) is 15.9 Å². The van der Waals surface area contributed by atoms with Crippen molar-refractivity contribution in [2.75, 3.05) is 16.6 Å². The van der Waals surface area contributed by atoms with E-state index >= 15 is 0 Å². The highest BCUT2D eigenvalue weighted by Gasteiger charge is 2.36. The summed E-state index contributed by atoms with van der Waals surface area (Å²) in [4.78, 5) is 4.73. The van der Waals surface area contributed by atoms with Crippen LogP contribution in [0.15, 0.2) is 70.5 Å². The van der Waals surface area contributed by atoms with Crippen molar-refractivity contribution in [2.45, 2.75) is 16.7 Å². The molecule has 1 aliphatic rings. The summed E-state index contributed by atoms with van der Waals surface area (Å²) in [5.41, 5.74) is 3.02. The lowest BCUT2D eigenvalue weighted by Crippen LogP contribution is -2.38. The number of benzene rings is 3. The molecule has 1 aliphatic heterocycles. The van der Waals surface area contributed by atoms with Crippen LogP contribution in [0.5, 0.6) is 0 Å². The second kappa shape index (κ2) is 7.83. The third-order valence-electron chi connectivity index (χ3n) is 5.56. The molecular weight excluding hydrogens is 478 g/mol. The fourth-order valence-corrected chi connectivity index (χ4v) is 7.97. The Hall–Kier alpha value is -2.94. The first-order valence-electron chi connectivity index (χ1n) is 9.99. The maximum absolute atomic E-state index is 13.7. The molecule has 2 heterocycles. The summed E-state index contributed by atoms with van der Waals surface area (Å²) in [6, 6.07) is 18.8. The highest BCUT2D eigenvalue weighted by molar-refractivity contribution is 8.24. The molecule has 0 aliphatic carbocycles. The average molecular weight is 498 g/mol. The Kier molecular flexibility index (Phi) is 5.19. The van der Waals surface area contributed by atoms with Gasteiger partial charge in [0.05, 0.1) is 54.6 Å². The number of aromatic nitrogens is 1. The van der Waals surface area contributed by atoms with E-state index < -0.39 is 20.6 Å². The normalized spacial score (nSPS) is 16.2. The Bertz CT molecular complexity index is 1540. The minimum absolute atomic E-state index is 0.0474. The van der Waals surface area contributed by atoms with Crippen LogP contribution >= 0.6 is 21.9 Å². The molecule has 33 heavy (non-hydrogen) atoms. The molecule has 168 valence electrons. The van der Waals surface area contributed by atoms with Crippen LogP contribution in [-0.4, -0.2) is 34.8 Å². The van der Waals surface area contributed by atoms with Gasteiger partial charge in [-0.3, -0.25) is 13.4 Å². The number of aryl methyl sites for hydroxylation is 1. The molecule has 3 aromatic carbocycles. The van der Waals surface area contributed by atoms with Crippen LogP contribution in [0.4, 0.5) is 5.69 Å². The third-order valence-corrected chi connectivity index (χ3v) is 10.1. The summed E-state index contributed by atoms with van der Waals surface area (Å²) >= 11 is 1.42. The predicted octanol–water partition coefficient (Wildman–Crippen LogP) is 5.46. The van der Waals surface area contributed by atoms with E-state index in [1.807, 2.05) is 6.92 Å². The van der Waals surface area contributed by atoms with Gasteiger partial charge in [0.1, 0.15) is 0 Å². The second-order valence-electron chi connectivity index (χ2n) is 7.68. The van der Waals surface area contributed by atoms with Gasteiger partial charge in [-0.05, 0) is 60.5 Å². The number of thiazole rings is 1.